The lowest BCUT2D eigenvalue weighted by atomic mass is 10.0. The number of anilines is 1. The van der Waals surface area contributed by atoms with E-state index < -0.39 is 0 Å². The predicted octanol–water partition coefficient (Wildman–Crippen LogP) is 4.60. The molecule has 1 aliphatic carbocycles. The molecule has 1 atom stereocenters. The second-order valence-corrected chi connectivity index (χ2v) is 8.37. The van der Waals surface area contributed by atoms with Crippen LogP contribution in [0.2, 0.25) is 0 Å². The van der Waals surface area contributed by atoms with E-state index in [0.29, 0.717) is 17.9 Å². The van der Waals surface area contributed by atoms with Crippen molar-refractivity contribution in [3.63, 3.8) is 0 Å². The first-order valence-corrected chi connectivity index (χ1v) is 11.2. The highest BCUT2D eigenvalue weighted by Gasteiger charge is 2.21. The van der Waals surface area contributed by atoms with E-state index in [-0.39, 0.29) is 11.9 Å². The van der Waals surface area contributed by atoms with E-state index in [1.807, 2.05) is 60.1 Å². The number of fused-ring (bicyclic) bond motifs is 1. The third-order valence-electron chi connectivity index (χ3n) is 6.13. The van der Waals surface area contributed by atoms with E-state index in [1.165, 1.54) is 6.33 Å². The van der Waals surface area contributed by atoms with Crippen LogP contribution in [0.4, 0.5) is 5.82 Å². The number of rotatable bonds is 5. The second-order valence-electron chi connectivity index (χ2n) is 8.37. The lowest BCUT2D eigenvalue weighted by Gasteiger charge is -2.17. The molecule has 0 saturated carbocycles. The van der Waals surface area contributed by atoms with Crippen LogP contribution in [-0.2, 0) is 6.54 Å². The zero-order chi connectivity index (χ0) is 22.8. The summed E-state index contributed by atoms with van der Waals surface area (Å²) >= 11 is 0. The zero-order valence-electron chi connectivity index (χ0n) is 18.5. The normalized spacial score (nSPS) is 15.6. The largest absolute Gasteiger partial charge is 0.383 e. The van der Waals surface area contributed by atoms with Gasteiger partial charge in [0.1, 0.15) is 17.8 Å². The van der Waals surface area contributed by atoms with Gasteiger partial charge in [0.05, 0.1) is 11.4 Å². The minimum absolute atomic E-state index is 0.0765. The molecule has 33 heavy (non-hydrogen) atoms. The van der Waals surface area contributed by atoms with Gasteiger partial charge >= 0.3 is 0 Å². The number of nitrogen functional groups attached to an aromatic ring is 1. The van der Waals surface area contributed by atoms with Gasteiger partial charge < -0.3 is 11.1 Å². The molecule has 7 heteroatoms. The fourth-order valence-electron chi connectivity index (χ4n) is 4.31. The Bertz CT molecular complexity index is 1340. The first kappa shape index (κ1) is 20.9. The number of benzene rings is 2. The summed E-state index contributed by atoms with van der Waals surface area (Å²) in [6.07, 6.45) is 9.13. The van der Waals surface area contributed by atoms with Crippen molar-refractivity contribution in [1.82, 2.24) is 25.1 Å². The molecule has 0 bridgehead atoms. The van der Waals surface area contributed by atoms with Gasteiger partial charge in [0.25, 0.3) is 5.91 Å². The smallest absolute Gasteiger partial charge is 0.251 e. The Morgan fingerprint density at radius 2 is 1.97 bits per heavy atom. The predicted molar refractivity (Wildman–Crippen MR) is 130 cm³/mol. The number of hydrogen-bond donors (Lipinski definition) is 2. The Morgan fingerprint density at radius 3 is 2.73 bits per heavy atom. The SMILES string of the molecule is Cc1ccccc1C(=O)NCc1ccc(-c2nn(C3C=CCCC3)c3ncnc(N)c23)cc1. The van der Waals surface area contributed by atoms with Crippen LogP contribution in [0.25, 0.3) is 22.3 Å². The van der Waals surface area contributed by atoms with Gasteiger partial charge in [0.15, 0.2) is 5.65 Å². The summed E-state index contributed by atoms with van der Waals surface area (Å²) in [6.45, 7) is 2.38. The first-order valence-electron chi connectivity index (χ1n) is 11.2. The highest BCUT2D eigenvalue weighted by atomic mass is 16.1. The maximum Gasteiger partial charge on any atom is 0.251 e. The molecule has 2 aromatic heterocycles. The summed E-state index contributed by atoms with van der Waals surface area (Å²) in [6, 6.07) is 15.7. The minimum Gasteiger partial charge on any atom is -0.383 e. The maximum atomic E-state index is 12.5. The average molecular weight is 439 g/mol. The molecule has 0 spiro atoms. The molecule has 2 heterocycles. The summed E-state index contributed by atoms with van der Waals surface area (Å²) in [4.78, 5) is 21.2. The molecule has 1 unspecified atom stereocenters. The minimum atomic E-state index is -0.0765. The summed E-state index contributed by atoms with van der Waals surface area (Å²) in [5.41, 5.74) is 11.4. The van der Waals surface area contributed by atoms with Crippen LogP contribution in [0.5, 0.6) is 0 Å². The molecular formula is C26H26N6O. The molecule has 1 aliphatic rings. The van der Waals surface area contributed by atoms with E-state index in [9.17, 15) is 4.79 Å². The molecule has 0 fully saturated rings. The third-order valence-corrected chi connectivity index (χ3v) is 6.13. The lowest BCUT2D eigenvalue weighted by Crippen LogP contribution is -2.23. The molecule has 1 amide bonds. The van der Waals surface area contributed by atoms with Gasteiger partial charge in [0, 0.05) is 17.7 Å². The number of nitrogens with one attached hydrogen (secondary N) is 1. The third kappa shape index (κ3) is 4.09. The van der Waals surface area contributed by atoms with Gasteiger partial charge in [-0.3, -0.25) is 4.79 Å². The number of carbonyl (C=O) groups excluding carboxylic acids is 1. The number of carbonyl (C=O) groups is 1. The van der Waals surface area contributed by atoms with E-state index in [0.717, 1.165) is 52.7 Å². The maximum absolute atomic E-state index is 12.5. The van der Waals surface area contributed by atoms with E-state index >= 15 is 0 Å². The number of hydrogen-bond acceptors (Lipinski definition) is 5. The van der Waals surface area contributed by atoms with Crippen molar-refractivity contribution in [2.24, 2.45) is 0 Å². The molecule has 7 nitrogen and oxygen atoms in total. The number of aryl methyl sites for hydroxylation is 1. The molecule has 4 aromatic rings. The van der Waals surface area contributed by atoms with E-state index in [4.69, 9.17) is 10.8 Å². The van der Waals surface area contributed by atoms with E-state index in [2.05, 4.69) is 27.4 Å². The number of allylic oxidation sites excluding steroid dienone is 2. The average Bonchev–Trinajstić information content (AvgIpc) is 3.25. The molecule has 3 N–H and O–H groups in total. The molecular weight excluding hydrogens is 412 g/mol. The van der Waals surface area contributed by atoms with Gasteiger partial charge in [-0.05, 0) is 43.4 Å². The monoisotopic (exact) mass is 438 g/mol. The fourth-order valence-corrected chi connectivity index (χ4v) is 4.31. The van der Waals surface area contributed by atoms with Crippen molar-refractivity contribution < 1.29 is 4.79 Å². The molecule has 166 valence electrons. The van der Waals surface area contributed by atoms with Crippen molar-refractivity contribution in [1.29, 1.82) is 0 Å². The standard InChI is InChI=1S/C26H26N6O/c1-17-7-5-6-10-21(17)26(33)28-15-18-11-13-19(14-12-18)23-22-24(27)29-16-30-25(22)32(31-23)20-8-3-2-4-9-20/h3,5-8,10-14,16,20H,2,4,9,15H2,1H3,(H,28,33)(H2,27,29,30). The van der Waals surface area contributed by atoms with Gasteiger partial charge in [-0.2, -0.15) is 5.10 Å². The Hall–Kier alpha value is -4.00. The molecule has 2 aromatic carbocycles. The van der Waals surface area contributed by atoms with Crippen molar-refractivity contribution in [3.8, 4) is 11.3 Å². The zero-order valence-corrected chi connectivity index (χ0v) is 18.5. The van der Waals surface area contributed by atoms with Crippen LogP contribution < -0.4 is 11.1 Å². The van der Waals surface area contributed by atoms with Gasteiger partial charge in [-0.15, -0.1) is 0 Å². The highest BCUT2D eigenvalue weighted by Crippen LogP contribution is 2.34. The van der Waals surface area contributed by atoms with Gasteiger partial charge in [-0.1, -0.05) is 54.6 Å². The van der Waals surface area contributed by atoms with Crippen LogP contribution in [0.1, 0.15) is 46.8 Å². The van der Waals surface area contributed by atoms with Crippen molar-refractivity contribution >= 4 is 22.8 Å². The summed E-state index contributed by atoms with van der Waals surface area (Å²) in [7, 11) is 0. The molecule has 0 aliphatic heterocycles. The Balaban J connectivity index is 1.40. The Kier molecular flexibility index (Phi) is 5.60. The highest BCUT2D eigenvalue weighted by molar-refractivity contribution is 5.98. The Morgan fingerprint density at radius 1 is 1.15 bits per heavy atom. The molecule has 5 rings (SSSR count). The van der Waals surface area contributed by atoms with Crippen LogP contribution in [0.3, 0.4) is 0 Å². The van der Waals surface area contributed by atoms with Crippen molar-refractivity contribution in [2.75, 3.05) is 5.73 Å². The number of amides is 1. The first-order chi connectivity index (χ1) is 16.1. The van der Waals surface area contributed by atoms with E-state index in [1.54, 1.807) is 0 Å². The number of aromatic nitrogens is 4. The molecule has 0 radical (unpaired) electrons. The van der Waals surface area contributed by atoms with Crippen LogP contribution in [0, 0.1) is 6.92 Å². The summed E-state index contributed by atoms with van der Waals surface area (Å²) < 4.78 is 1.97. The van der Waals surface area contributed by atoms with Crippen LogP contribution in [0.15, 0.2) is 67.0 Å². The summed E-state index contributed by atoms with van der Waals surface area (Å²) in [5, 5.41) is 8.68. The Labute approximate surface area is 192 Å². The van der Waals surface area contributed by atoms with Crippen LogP contribution >= 0.6 is 0 Å². The summed E-state index contributed by atoms with van der Waals surface area (Å²) in [5.74, 6) is 0.350. The van der Waals surface area contributed by atoms with Gasteiger partial charge in [0.2, 0.25) is 0 Å². The molecule has 0 saturated heterocycles. The lowest BCUT2D eigenvalue weighted by molar-refractivity contribution is 0.0950. The van der Waals surface area contributed by atoms with Crippen LogP contribution in [-0.4, -0.2) is 25.7 Å². The fraction of sp³-hybridized carbons (Fsp3) is 0.231. The van der Waals surface area contributed by atoms with Gasteiger partial charge in [-0.25, -0.2) is 14.6 Å². The van der Waals surface area contributed by atoms with Crippen molar-refractivity contribution in [3.05, 3.63) is 83.7 Å². The number of nitrogens with zero attached hydrogens (tertiary/aromatic N) is 4. The van der Waals surface area contributed by atoms with Crippen molar-refractivity contribution in [2.45, 2.75) is 38.8 Å². The topological polar surface area (TPSA) is 98.7 Å². The second kappa shape index (κ2) is 8.86. The quantitative estimate of drug-likeness (QED) is 0.444. The number of nitrogens with two attached hydrogens (primary N) is 1.